The van der Waals surface area contributed by atoms with Crippen LogP contribution >= 0.6 is 0 Å². The monoisotopic (exact) mass is 259 g/mol. The fraction of sp³-hybridized carbons (Fsp3) is 0.308. The van der Waals surface area contributed by atoms with Crippen LogP contribution in [-0.2, 0) is 0 Å². The fourth-order valence-electron chi connectivity index (χ4n) is 1.59. The van der Waals surface area contributed by atoms with Crippen molar-refractivity contribution in [3.63, 3.8) is 0 Å². The first-order valence-electron chi connectivity index (χ1n) is 6.05. The summed E-state index contributed by atoms with van der Waals surface area (Å²) in [5, 5.41) is 14.1. The van der Waals surface area contributed by atoms with E-state index in [1.54, 1.807) is 13.3 Å². The Morgan fingerprint density at radius 1 is 1.21 bits per heavy atom. The summed E-state index contributed by atoms with van der Waals surface area (Å²) in [5.74, 6) is 1.84. The second kappa shape index (κ2) is 5.99. The highest BCUT2D eigenvalue weighted by Crippen LogP contribution is 2.25. The van der Waals surface area contributed by atoms with Gasteiger partial charge in [0.1, 0.15) is 5.75 Å². The standard InChI is InChI=1S/C13H17N5O/c1-9(2)15-12-8-14-18-13(17-12)16-10-6-4-5-7-11(10)19-3/h4-9H,1-3H3,(H2,15,16,17,18). The van der Waals surface area contributed by atoms with Gasteiger partial charge in [-0.3, -0.25) is 0 Å². The van der Waals surface area contributed by atoms with Gasteiger partial charge in [-0.05, 0) is 26.0 Å². The number of rotatable bonds is 5. The first-order valence-corrected chi connectivity index (χ1v) is 6.05. The minimum atomic E-state index is 0.288. The van der Waals surface area contributed by atoms with Gasteiger partial charge in [-0.1, -0.05) is 12.1 Å². The van der Waals surface area contributed by atoms with Gasteiger partial charge in [-0.25, -0.2) is 0 Å². The van der Waals surface area contributed by atoms with Crippen molar-refractivity contribution in [2.24, 2.45) is 0 Å². The molecule has 0 atom stereocenters. The van der Waals surface area contributed by atoms with Gasteiger partial charge in [0, 0.05) is 6.04 Å². The Morgan fingerprint density at radius 2 is 2.00 bits per heavy atom. The maximum absolute atomic E-state index is 5.26. The first kappa shape index (κ1) is 13.1. The molecule has 0 saturated heterocycles. The van der Waals surface area contributed by atoms with Gasteiger partial charge in [0.15, 0.2) is 5.82 Å². The molecule has 0 fully saturated rings. The Bertz CT molecular complexity index is 544. The molecule has 0 spiro atoms. The molecular weight excluding hydrogens is 242 g/mol. The molecule has 2 N–H and O–H groups in total. The molecule has 0 aliphatic carbocycles. The van der Waals surface area contributed by atoms with E-state index in [-0.39, 0.29) is 6.04 Å². The average molecular weight is 259 g/mol. The minimum Gasteiger partial charge on any atom is -0.495 e. The predicted octanol–water partition coefficient (Wildman–Crippen LogP) is 2.44. The molecule has 2 rings (SSSR count). The van der Waals surface area contributed by atoms with Gasteiger partial charge in [-0.15, -0.1) is 5.10 Å². The minimum absolute atomic E-state index is 0.288. The maximum atomic E-state index is 5.26. The molecule has 100 valence electrons. The van der Waals surface area contributed by atoms with Crippen LogP contribution in [0, 0.1) is 0 Å². The Morgan fingerprint density at radius 3 is 2.74 bits per heavy atom. The van der Waals surface area contributed by atoms with Crippen molar-refractivity contribution < 1.29 is 4.74 Å². The molecule has 1 heterocycles. The highest BCUT2D eigenvalue weighted by Gasteiger charge is 2.05. The molecule has 1 aromatic heterocycles. The lowest BCUT2D eigenvalue weighted by Crippen LogP contribution is -2.12. The van der Waals surface area contributed by atoms with E-state index in [2.05, 4.69) is 25.8 Å². The summed E-state index contributed by atoms with van der Waals surface area (Å²) in [5.41, 5.74) is 0.800. The highest BCUT2D eigenvalue weighted by atomic mass is 16.5. The van der Waals surface area contributed by atoms with Crippen LogP contribution < -0.4 is 15.4 Å². The van der Waals surface area contributed by atoms with Crippen LogP contribution in [-0.4, -0.2) is 28.3 Å². The number of aromatic nitrogens is 3. The molecule has 0 aliphatic heterocycles. The number of anilines is 3. The molecule has 0 radical (unpaired) electrons. The number of methoxy groups -OCH3 is 1. The maximum Gasteiger partial charge on any atom is 0.249 e. The van der Waals surface area contributed by atoms with Crippen LogP contribution in [0.15, 0.2) is 30.5 Å². The summed E-state index contributed by atoms with van der Waals surface area (Å²) in [7, 11) is 1.62. The number of hydrogen-bond donors (Lipinski definition) is 2. The van der Waals surface area contributed by atoms with Gasteiger partial charge in [0.25, 0.3) is 0 Å². The van der Waals surface area contributed by atoms with E-state index >= 15 is 0 Å². The van der Waals surface area contributed by atoms with E-state index in [0.29, 0.717) is 11.8 Å². The van der Waals surface area contributed by atoms with Crippen molar-refractivity contribution in [2.45, 2.75) is 19.9 Å². The van der Waals surface area contributed by atoms with Gasteiger partial charge in [0.05, 0.1) is 19.0 Å². The van der Waals surface area contributed by atoms with Gasteiger partial charge in [0.2, 0.25) is 5.95 Å². The summed E-state index contributed by atoms with van der Waals surface area (Å²) in [6.07, 6.45) is 1.59. The molecule has 0 bridgehead atoms. The van der Waals surface area contributed by atoms with Crippen LogP contribution in [0.25, 0.3) is 0 Å². The van der Waals surface area contributed by atoms with Crippen LogP contribution in [0.4, 0.5) is 17.5 Å². The van der Waals surface area contributed by atoms with Crippen molar-refractivity contribution in [1.82, 2.24) is 15.2 Å². The number of para-hydroxylation sites is 2. The summed E-state index contributed by atoms with van der Waals surface area (Å²) < 4.78 is 5.26. The zero-order valence-electron chi connectivity index (χ0n) is 11.2. The van der Waals surface area contributed by atoms with Crippen molar-refractivity contribution in [3.8, 4) is 5.75 Å². The van der Waals surface area contributed by atoms with Gasteiger partial charge < -0.3 is 15.4 Å². The van der Waals surface area contributed by atoms with Crippen molar-refractivity contribution in [2.75, 3.05) is 17.7 Å². The largest absolute Gasteiger partial charge is 0.495 e. The summed E-state index contributed by atoms with van der Waals surface area (Å²) in [6, 6.07) is 7.86. The molecule has 1 aromatic carbocycles. The third kappa shape index (κ3) is 3.54. The SMILES string of the molecule is COc1ccccc1Nc1nncc(NC(C)C)n1. The molecule has 6 nitrogen and oxygen atoms in total. The van der Waals surface area contributed by atoms with Crippen LogP contribution in [0.3, 0.4) is 0 Å². The fourth-order valence-corrected chi connectivity index (χ4v) is 1.59. The van der Waals surface area contributed by atoms with Crippen LogP contribution in [0.2, 0.25) is 0 Å². The van der Waals surface area contributed by atoms with Gasteiger partial charge in [-0.2, -0.15) is 10.1 Å². The number of nitrogens with zero attached hydrogens (tertiary/aromatic N) is 3. The molecule has 19 heavy (non-hydrogen) atoms. The quantitative estimate of drug-likeness (QED) is 0.859. The average Bonchev–Trinajstić information content (AvgIpc) is 2.39. The van der Waals surface area contributed by atoms with Crippen molar-refractivity contribution >= 4 is 17.5 Å². The lowest BCUT2D eigenvalue weighted by molar-refractivity contribution is 0.417. The highest BCUT2D eigenvalue weighted by molar-refractivity contribution is 5.62. The Hall–Kier alpha value is -2.37. The van der Waals surface area contributed by atoms with E-state index in [4.69, 9.17) is 4.74 Å². The third-order valence-electron chi connectivity index (χ3n) is 2.35. The molecule has 6 heteroatoms. The Kier molecular flexibility index (Phi) is 4.12. The smallest absolute Gasteiger partial charge is 0.249 e. The Labute approximate surface area is 112 Å². The Balaban J connectivity index is 2.18. The topological polar surface area (TPSA) is 72.0 Å². The van der Waals surface area contributed by atoms with E-state index in [1.165, 1.54) is 0 Å². The summed E-state index contributed by atoms with van der Waals surface area (Å²) in [6.45, 7) is 4.07. The predicted molar refractivity (Wildman–Crippen MR) is 74.9 cm³/mol. The molecule has 0 aliphatic rings. The van der Waals surface area contributed by atoms with E-state index in [1.807, 2.05) is 38.1 Å². The van der Waals surface area contributed by atoms with Crippen molar-refractivity contribution in [3.05, 3.63) is 30.5 Å². The second-order valence-corrected chi connectivity index (χ2v) is 4.29. The molecule has 0 unspecified atom stereocenters. The number of benzene rings is 1. The van der Waals surface area contributed by atoms with Gasteiger partial charge >= 0.3 is 0 Å². The van der Waals surface area contributed by atoms with E-state index < -0.39 is 0 Å². The van der Waals surface area contributed by atoms with Crippen molar-refractivity contribution in [1.29, 1.82) is 0 Å². The third-order valence-corrected chi connectivity index (χ3v) is 2.35. The zero-order valence-corrected chi connectivity index (χ0v) is 11.2. The number of nitrogens with one attached hydrogen (secondary N) is 2. The summed E-state index contributed by atoms with van der Waals surface area (Å²) >= 11 is 0. The second-order valence-electron chi connectivity index (χ2n) is 4.29. The number of ether oxygens (including phenoxy) is 1. The molecule has 0 amide bonds. The lowest BCUT2D eigenvalue weighted by atomic mass is 10.3. The molecular formula is C13H17N5O. The molecule has 0 saturated carbocycles. The molecule has 2 aromatic rings. The van der Waals surface area contributed by atoms with E-state index in [0.717, 1.165) is 11.4 Å². The number of hydrogen-bond acceptors (Lipinski definition) is 6. The van der Waals surface area contributed by atoms with Crippen LogP contribution in [0.5, 0.6) is 5.75 Å². The van der Waals surface area contributed by atoms with Crippen LogP contribution in [0.1, 0.15) is 13.8 Å². The lowest BCUT2D eigenvalue weighted by Gasteiger charge is -2.11. The normalized spacial score (nSPS) is 10.3. The summed E-state index contributed by atoms with van der Waals surface area (Å²) in [4.78, 5) is 4.33. The zero-order chi connectivity index (χ0) is 13.7. The van der Waals surface area contributed by atoms with E-state index in [9.17, 15) is 0 Å². The first-order chi connectivity index (χ1) is 9.19.